The molecular weight excluding hydrogens is 388 g/mol. The first-order valence-corrected chi connectivity index (χ1v) is 10.8. The van der Waals surface area contributed by atoms with Crippen molar-refractivity contribution >= 4 is 33.7 Å². The molecule has 0 spiro atoms. The van der Waals surface area contributed by atoms with Crippen LogP contribution in [0, 0.1) is 6.92 Å². The number of amides is 1. The zero-order valence-electron chi connectivity index (χ0n) is 15.0. The Labute approximate surface area is 162 Å². The van der Waals surface area contributed by atoms with E-state index >= 15 is 0 Å². The number of carbonyl (C=O) groups excluding carboxylic acids is 2. The number of benzene rings is 1. The first kappa shape index (κ1) is 19.5. The fraction of sp³-hybridized carbons (Fsp3) is 0.333. The summed E-state index contributed by atoms with van der Waals surface area (Å²) >= 11 is 1.43. The van der Waals surface area contributed by atoms with Crippen LogP contribution in [-0.2, 0) is 24.3 Å². The van der Waals surface area contributed by atoms with E-state index in [2.05, 4.69) is 4.74 Å². The molecule has 2 aromatic rings. The Kier molecular flexibility index (Phi) is 5.61. The van der Waals surface area contributed by atoms with Crippen LogP contribution in [0.5, 0.6) is 0 Å². The molecule has 2 heterocycles. The molecule has 0 radical (unpaired) electrons. The Morgan fingerprint density at radius 1 is 1.26 bits per heavy atom. The van der Waals surface area contributed by atoms with Crippen molar-refractivity contribution in [1.29, 1.82) is 0 Å². The third-order valence-electron chi connectivity index (χ3n) is 4.30. The second-order valence-electron chi connectivity index (χ2n) is 6.12. The van der Waals surface area contributed by atoms with Crippen LogP contribution in [0.15, 0.2) is 47.5 Å². The number of aryl methyl sites for hydroxylation is 1. The van der Waals surface area contributed by atoms with E-state index in [1.165, 1.54) is 33.9 Å². The third-order valence-corrected chi connectivity index (χ3v) is 7.27. The number of esters is 1. The summed E-state index contributed by atoms with van der Waals surface area (Å²) in [4.78, 5) is 25.6. The molecule has 1 unspecified atom stereocenters. The largest absolute Gasteiger partial charge is 0.468 e. The van der Waals surface area contributed by atoms with E-state index in [0.717, 1.165) is 5.56 Å². The van der Waals surface area contributed by atoms with Crippen LogP contribution in [0.1, 0.15) is 23.1 Å². The Morgan fingerprint density at radius 2 is 1.96 bits per heavy atom. The smallest absolute Gasteiger partial charge is 0.325 e. The van der Waals surface area contributed by atoms with Gasteiger partial charge in [-0.2, -0.15) is 0 Å². The van der Waals surface area contributed by atoms with Crippen LogP contribution in [-0.4, -0.2) is 48.6 Å². The molecule has 9 heteroatoms. The van der Waals surface area contributed by atoms with Gasteiger partial charge >= 0.3 is 5.97 Å². The highest BCUT2D eigenvalue weighted by atomic mass is 32.2. The molecule has 27 heavy (non-hydrogen) atoms. The molecule has 1 aliphatic rings. The molecule has 1 aromatic heterocycles. The van der Waals surface area contributed by atoms with Gasteiger partial charge in [-0.15, -0.1) is 11.8 Å². The highest BCUT2D eigenvalue weighted by molar-refractivity contribution is 7.99. The molecule has 1 atom stereocenters. The molecule has 144 valence electrons. The van der Waals surface area contributed by atoms with Crippen molar-refractivity contribution in [3.05, 3.63) is 53.9 Å². The fourth-order valence-corrected chi connectivity index (χ4v) is 5.55. The maximum Gasteiger partial charge on any atom is 0.325 e. The van der Waals surface area contributed by atoms with E-state index in [9.17, 15) is 18.0 Å². The van der Waals surface area contributed by atoms with Crippen molar-refractivity contribution in [2.75, 3.05) is 19.4 Å². The standard InChI is InChI=1S/C18H20N2O5S2/c1-13-5-7-14(8-6-13)27(23,24)20-10-3-4-15(20)18-19(12-17(22)25-2)16(21)9-11-26-18/h3-8,10,18H,9,11-12H2,1-2H3. The lowest BCUT2D eigenvalue weighted by molar-refractivity contribution is -0.147. The summed E-state index contributed by atoms with van der Waals surface area (Å²) in [5.41, 5.74) is 1.39. The maximum absolute atomic E-state index is 13.1. The van der Waals surface area contributed by atoms with Gasteiger partial charge in [0.05, 0.1) is 17.7 Å². The molecular formula is C18H20N2O5S2. The second-order valence-corrected chi connectivity index (χ2v) is 9.12. The zero-order valence-corrected chi connectivity index (χ0v) is 16.6. The lowest BCUT2D eigenvalue weighted by Crippen LogP contribution is -2.42. The van der Waals surface area contributed by atoms with Crippen LogP contribution in [0.25, 0.3) is 0 Å². The minimum Gasteiger partial charge on any atom is -0.468 e. The minimum atomic E-state index is -3.82. The van der Waals surface area contributed by atoms with E-state index in [1.54, 1.807) is 36.4 Å². The maximum atomic E-state index is 13.1. The molecule has 0 N–H and O–H groups in total. The van der Waals surface area contributed by atoms with Gasteiger partial charge in [-0.25, -0.2) is 12.4 Å². The lowest BCUT2D eigenvalue weighted by atomic mass is 10.2. The summed E-state index contributed by atoms with van der Waals surface area (Å²) < 4.78 is 32.0. The summed E-state index contributed by atoms with van der Waals surface area (Å²) in [6.07, 6.45) is 1.75. The summed E-state index contributed by atoms with van der Waals surface area (Å²) in [5, 5.41) is -0.583. The number of ether oxygens (including phenoxy) is 1. The number of aromatic nitrogens is 1. The van der Waals surface area contributed by atoms with Crippen LogP contribution >= 0.6 is 11.8 Å². The van der Waals surface area contributed by atoms with Gasteiger partial charge in [0.25, 0.3) is 10.0 Å². The zero-order chi connectivity index (χ0) is 19.6. The molecule has 0 bridgehead atoms. The molecule has 1 aromatic carbocycles. The molecule has 1 saturated heterocycles. The number of carbonyl (C=O) groups is 2. The van der Waals surface area contributed by atoms with Gasteiger partial charge in [0.2, 0.25) is 5.91 Å². The average molecular weight is 409 g/mol. The molecule has 1 fully saturated rings. The number of hydrogen-bond donors (Lipinski definition) is 0. The monoisotopic (exact) mass is 408 g/mol. The van der Waals surface area contributed by atoms with Crippen molar-refractivity contribution in [3.63, 3.8) is 0 Å². The first-order chi connectivity index (χ1) is 12.8. The minimum absolute atomic E-state index is 0.164. The van der Waals surface area contributed by atoms with Crippen molar-refractivity contribution < 1.29 is 22.7 Å². The average Bonchev–Trinajstić information content (AvgIpc) is 3.14. The number of hydrogen-bond acceptors (Lipinski definition) is 6. The fourth-order valence-electron chi connectivity index (χ4n) is 2.86. The van der Waals surface area contributed by atoms with Gasteiger partial charge in [0.1, 0.15) is 11.9 Å². The number of methoxy groups -OCH3 is 1. The van der Waals surface area contributed by atoms with Gasteiger partial charge < -0.3 is 9.64 Å². The number of nitrogens with zero attached hydrogens (tertiary/aromatic N) is 2. The Balaban J connectivity index is 2.01. The highest BCUT2D eigenvalue weighted by Crippen LogP contribution is 2.38. The molecule has 7 nitrogen and oxygen atoms in total. The van der Waals surface area contributed by atoms with Gasteiger partial charge in [0.15, 0.2) is 0 Å². The molecule has 1 amide bonds. The van der Waals surface area contributed by atoms with Gasteiger partial charge in [-0.1, -0.05) is 17.7 Å². The highest BCUT2D eigenvalue weighted by Gasteiger charge is 2.35. The quantitative estimate of drug-likeness (QED) is 0.705. The van der Waals surface area contributed by atoms with Crippen LogP contribution in [0.3, 0.4) is 0 Å². The topological polar surface area (TPSA) is 85.7 Å². The normalized spacial score (nSPS) is 17.8. The van der Waals surface area contributed by atoms with E-state index in [4.69, 9.17) is 0 Å². The molecule has 0 saturated carbocycles. The van der Waals surface area contributed by atoms with Crippen molar-refractivity contribution in [2.45, 2.75) is 23.6 Å². The van der Waals surface area contributed by atoms with Gasteiger partial charge in [-0.3, -0.25) is 9.59 Å². The Morgan fingerprint density at radius 3 is 2.63 bits per heavy atom. The Hall–Kier alpha value is -2.26. The predicted molar refractivity (Wildman–Crippen MR) is 102 cm³/mol. The van der Waals surface area contributed by atoms with Gasteiger partial charge in [0, 0.05) is 18.4 Å². The van der Waals surface area contributed by atoms with E-state index < -0.39 is 21.4 Å². The van der Waals surface area contributed by atoms with Crippen molar-refractivity contribution in [1.82, 2.24) is 8.87 Å². The molecule has 0 aliphatic carbocycles. The lowest BCUT2D eigenvalue weighted by Gasteiger charge is -2.34. The van der Waals surface area contributed by atoms with Crippen LogP contribution < -0.4 is 0 Å². The first-order valence-electron chi connectivity index (χ1n) is 8.32. The van der Waals surface area contributed by atoms with Crippen LogP contribution in [0.2, 0.25) is 0 Å². The summed E-state index contributed by atoms with van der Waals surface area (Å²) in [7, 11) is -2.56. The molecule has 1 aliphatic heterocycles. The SMILES string of the molecule is COC(=O)CN1C(=O)CCSC1c1cccn1S(=O)(=O)c1ccc(C)cc1. The molecule has 3 rings (SSSR count). The van der Waals surface area contributed by atoms with E-state index in [1.807, 2.05) is 6.92 Å². The summed E-state index contributed by atoms with van der Waals surface area (Å²) in [6, 6.07) is 9.86. The summed E-state index contributed by atoms with van der Waals surface area (Å²) in [5.74, 6) is -0.198. The van der Waals surface area contributed by atoms with Gasteiger partial charge in [-0.05, 0) is 31.2 Å². The van der Waals surface area contributed by atoms with Crippen molar-refractivity contribution in [3.8, 4) is 0 Å². The van der Waals surface area contributed by atoms with Crippen molar-refractivity contribution in [2.24, 2.45) is 0 Å². The number of thioether (sulfide) groups is 1. The summed E-state index contributed by atoms with van der Waals surface area (Å²) in [6.45, 7) is 1.66. The third kappa shape index (κ3) is 3.89. The number of rotatable bonds is 5. The Bertz CT molecular complexity index is 950. The second kappa shape index (κ2) is 7.77. The predicted octanol–water partition coefficient (Wildman–Crippen LogP) is 2.17. The van der Waals surface area contributed by atoms with E-state index in [0.29, 0.717) is 17.9 Å². The van der Waals surface area contributed by atoms with Crippen LogP contribution in [0.4, 0.5) is 0 Å². The van der Waals surface area contributed by atoms with E-state index in [-0.39, 0.29) is 17.3 Å².